The van der Waals surface area contributed by atoms with Crippen LogP contribution in [-0.4, -0.2) is 9.98 Å². The Morgan fingerprint density at radius 2 is 1.04 bits per heavy atom. The maximum Gasteiger partial charge on any atom is 0.0942 e. The number of rotatable bonds is 5. The third-order valence-electron chi connectivity index (χ3n) is 4.46. The Morgan fingerprint density at radius 1 is 0.630 bits per heavy atom. The van der Waals surface area contributed by atoms with E-state index in [-0.39, 0.29) is 5.92 Å². The van der Waals surface area contributed by atoms with E-state index in [0.717, 1.165) is 28.1 Å². The summed E-state index contributed by atoms with van der Waals surface area (Å²) >= 11 is 11.6. The predicted molar refractivity (Wildman–Crippen MR) is 124 cm³/mol. The fourth-order valence-electron chi connectivity index (χ4n) is 2.90. The normalized spacial score (nSPS) is 10.5. The predicted octanol–water partition coefficient (Wildman–Crippen LogP) is 6.27. The van der Waals surface area contributed by atoms with Crippen molar-refractivity contribution in [2.75, 3.05) is 10.6 Å². The van der Waals surface area contributed by atoms with Crippen LogP contribution in [0.15, 0.2) is 78.9 Å². The summed E-state index contributed by atoms with van der Waals surface area (Å²) in [6, 6.07) is 26.3. The number of thiocarbonyl (C=S) groups is 2. The Bertz CT molecular complexity index is 892. The quantitative estimate of drug-likeness (QED) is 0.502. The average molecular weight is 391 g/mol. The highest BCUT2D eigenvalue weighted by atomic mass is 32.1. The minimum Gasteiger partial charge on any atom is -0.349 e. The highest BCUT2D eigenvalue weighted by Gasteiger charge is 2.23. The molecule has 0 saturated heterocycles. The zero-order chi connectivity index (χ0) is 19.2. The molecule has 3 aromatic carbocycles. The number of anilines is 2. The summed E-state index contributed by atoms with van der Waals surface area (Å²) in [5.74, 6) is -0.213. The van der Waals surface area contributed by atoms with Gasteiger partial charge in [0.25, 0.3) is 0 Å². The van der Waals surface area contributed by atoms with Crippen LogP contribution in [0.25, 0.3) is 0 Å². The summed E-state index contributed by atoms with van der Waals surface area (Å²) in [5, 5.41) is 6.79. The van der Waals surface area contributed by atoms with Crippen LogP contribution in [0.2, 0.25) is 0 Å². The van der Waals surface area contributed by atoms with Gasteiger partial charge in [-0.1, -0.05) is 91.2 Å². The minimum absolute atomic E-state index is 0.213. The van der Waals surface area contributed by atoms with Crippen LogP contribution in [0, 0.1) is 13.8 Å². The Kier molecular flexibility index (Phi) is 6.32. The second kappa shape index (κ2) is 8.89. The Balaban J connectivity index is 1.89. The lowest BCUT2D eigenvalue weighted by Crippen LogP contribution is -2.30. The van der Waals surface area contributed by atoms with Crippen molar-refractivity contribution in [3.05, 3.63) is 95.6 Å². The first-order valence-corrected chi connectivity index (χ1v) is 9.66. The van der Waals surface area contributed by atoms with E-state index in [4.69, 9.17) is 24.4 Å². The molecule has 0 aromatic heterocycles. The van der Waals surface area contributed by atoms with Crippen LogP contribution >= 0.6 is 24.4 Å². The van der Waals surface area contributed by atoms with E-state index in [1.165, 1.54) is 0 Å². The lowest BCUT2D eigenvalue weighted by atomic mass is 9.98. The van der Waals surface area contributed by atoms with Crippen LogP contribution in [0.1, 0.15) is 22.6 Å². The van der Waals surface area contributed by atoms with Crippen molar-refractivity contribution in [3.63, 3.8) is 0 Å². The molecule has 0 saturated carbocycles. The standard InChI is InChI=1S/C23H22N2S2/c1-16-10-6-8-14-19(16)24-22(26)21(18-12-4-3-5-13-18)23(27)25-20-15-9-7-11-17(20)2/h3-15,21H,1-2H3,(H,24,26)(H,25,27). The molecule has 0 atom stereocenters. The van der Waals surface area contributed by atoms with E-state index in [0.29, 0.717) is 9.98 Å². The summed E-state index contributed by atoms with van der Waals surface area (Å²) in [4.78, 5) is 1.36. The maximum absolute atomic E-state index is 5.79. The van der Waals surface area contributed by atoms with Crippen LogP contribution in [0.4, 0.5) is 11.4 Å². The van der Waals surface area contributed by atoms with E-state index in [1.807, 2.05) is 54.6 Å². The highest BCUT2D eigenvalue weighted by molar-refractivity contribution is 7.82. The number of hydrogen-bond acceptors (Lipinski definition) is 2. The molecule has 0 heterocycles. The zero-order valence-corrected chi connectivity index (χ0v) is 17.0. The first-order chi connectivity index (χ1) is 13.1. The molecule has 0 fully saturated rings. The number of benzene rings is 3. The van der Waals surface area contributed by atoms with Gasteiger partial charge in [0.1, 0.15) is 0 Å². The van der Waals surface area contributed by atoms with Gasteiger partial charge in [-0.2, -0.15) is 0 Å². The van der Waals surface area contributed by atoms with E-state index >= 15 is 0 Å². The van der Waals surface area contributed by atoms with Crippen molar-refractivity contribution in [2.24, 2.45) is 0 Å². The summed E-state index contributed by atoms with van der Waals surface area (Å²) in [5.41, 5.74) is 5.35. The molecule has 0 bridgehead atoms. The lowest BCUT2D eigenvalue weighted by molar-refractivity contribution is 1.22. The molecule has 2 nitrogen and oxygen atoms in total. The average Bonchev–Trinajstić information content (AvgIpc) is 2.66. The number of para-hydroxylation sites is 2. The largest absolute Gasteiger partial charge is 0.349 e. The van der Waals surface area contributed by atoms with Crippen molar-refractivity contribution in [3.8, 4) is 0 Å². The van der Waals surface area contributed by atoms with Gasteiger partial charge in [-0.15, -0.1) is 0 Å². The van der Waals surface area contributed by atoms with Crippen molar-refractivity contribution in [2.45, 2.75) is 19.8 Å². The van der Waals surface area contributed by atoms with Gasteiger partial charge in [0.15, 0.2) is 0 Å². The van der Waals surface area contributed by atoms with Crippen molar-refractivity contribution >= 4 is 45.8 Å². The molecular weight excluding hydrogens is 368 g/mol. The maximum atomic E-state index is 5.79. The van der Waals surface area contributed by atoms with Crippen LogP contribution in [0.3, 0.4) is 0 Å². The molecule has 0 spiro atoms. The molecule has 3 rings (SSSR count). The molecule has 3 aromatic rings. The summed E-state index contributed by atoms with van der Waals surface area (Å²) in [6.45, 7) is 4.12. The summed E-state index contributed by atoms with van der Waals surface area (Å²) in [6.07, 6.45) is 0. The van der Waals surface area contributed by atoms with Gasteiger partial charge in [0.2, 0.25) is 0 Å². The van der Waals surface area contributed by atoms with E-state index < -0.39 is 0 Å². The van der Waals surface area contributed by atoms with Crippen LogP contribution in [-0.2, 0) is 0 Å². The molecule has 0 aliphatic rings. The monoisotopic (exact) mass is 390 g/mol. The number of nitrogens with one attached hydrogen (secondary N) is 2. The Hall–Kier alpha value is -2.56. The zero-order valence-electron chi connectivity index (χ0n) is 15.4. The van der Waals surface area contributed by atoms with Crippen LogP contribution in [0.5, 0.6) is 0 Å². The molecular formula is C23H22N2S2. The van der Waals surface area contributed by atoms with E-state index in [9.17, 15) is 0 Å². The minimum atomic E-state index is -0.213. The molecule has 2 N–H and O–H groups in total. The summed E-state index contributed by atoms with van der Waals surface area (Å²) in [7, 11) is 0. The number of hydrogen-bond donors (Lipinski definition) is 2. The first kappa shape index (κ1) is 19.2. The fourth-order valence-corrected chi connectivity index (χ4v) is 3.71. The van der Waals surface area contributed by atoms with Crippen molar-refractivity contribution in [1.82, 2.24) is 0 Å². The number of aryl methyl sites for hydroxylation is 2. The second-order valence-corrected chi connectivity index (χ2v) is 7.33. The van der Waals surface area contributed by atoms with E-state index in [1.54, 1.807) is 0 Å². The van der Waals surface area contributed by atoms with Gasteiger partial charge < -0.3 is 10.6 Å². The van der Waals surface area contributed by atoms with Crippen molar-refractivity contribution < 1.29 is 0 Å². The van der Waals surface area contributed by atoms with Gasteiger partial charge in [0, 0.05) is 11.4 Å². The van der Waals surface area contributed by atoms with Gasteiger partial charge in [0.05, 0.1) is 15.9 Å². The third kappa shape index (κ3) is 4.79. The molecule has 0 aliphatic heterocycles. The van der Waals surface area contributed by atoms with Crippen molar-refractivity contribution in [1.29, 1.82) is 0 Å². The molecule has 0 amide bonds. The molecule has 136 valence electrons. The molecule has 0 unspecified atom stereocenters. The third-order valence-corrected chi connectivity index (χ3v) is 5.14. The molecule has 0 radical (unpaired) electrons. The molecule has 27 heavy (non-hydrogen) atoms. The topological polar surface area (TPSA) is 24.1 Å². The Labute approximate surface area is 171 Å². The first-order valence-electron chi connectivity index (χ1n) is 8.84. The fraction of sp³-hybridized carbons (Fsp3) is 0.130. The van der Waals surface area contributed by atoms with Gasteiger partial charge in [-0.05, 0) is 42.7 Å². The van der Waals surface area contributed by atoms with Crippen LogP contribution < -0.4 is 10.6 Å². The molecule has 0 aliphatic carbocycles. The molecule has 4 heteroatoms. The van der Waals surface area contributed by atoms with Gasteiger partial charge in [-0.3, -0.25) is 0 Å². The highest BCUT2D eigenvalue weighted by Crippen LogP contribution is 2.25. The van der Waals surface area contributed by atoms with Gasteiger partial charge >= 0.3 is 0 Å². The second-order valence-electron chi connectivity index (χ2n) is 6.45. The van der Waals surface area contributed by atoms with Gasteiger partial charge in [-0.25, -0.2) is 0 Å². The lowest BCUT2D eigenvalue weighted by Gasteiger charge is -2.23. The van der Waals surface area contributed by atoms with E-state index in [2.05, 4.69) is 48.7 Å². The SMILES string of the molecule is Cc1ccccc1NC(=S)C(C(=S)Nc1ccccc1C)c1ccccc1. The Morgan fingerprint density at radius 3 is 1.48 bits per heavy atom. The smallest absolute Gasteiger partial charge is 0.0942 e. The summed E-state index contributed by atoms with van der Waals surface area (Å²) < 4.78 is 0.